The number of ketones is 1. The van der Waals surface area contributed by atoms with Gasteiger partial charge < -0.3 is 24.1 Å². The summed E-state index contributed by atoms with van der Waals surface area (Å²) in [5.41, 5.74) is 0. The molecular formula is C13H22O8. The van der Waals surface area contributed by atoms with E-state index >= 15 is 0 Å². The average molecular weight is 306 g/mol. The minimum Gasteiger partial charge on any atom is -0.476 e. The van der Waals surface area contributed by atoms with Gasteiger partial charge in [-0.3, -0.25) is 9.59 Å². The third-order valence-electron chi connectivity index (χ3n) is 2.23. The van der Waals surface area contributed by atoms with Crippen LogP contribution in [0.2, 0.25) is 0 Å². The van der Waals surface area contributed by atoms with Gasteiger partial charge in [-0.2, -0.15) is 0 Å². The highest BCUT2D eigenvalue weighted by Gasteiger charge is 2.13. The van der Waals surface area contributed by atoms with E-state index in [0.29, 0.717) is 33.0 Å². The summed E-state index contributed by atoms with van der Waals surface area (Å²) >= 11 is 0. The zero-order valence-electron chi connectivity index (χ0n) is 12.2. The van der Waals surface area contributed by atoms with Crippen molar-refractivity contribution in [3.63, 3.8) is 0 Å². The number of carbonyl (C=O) groups is 3. The van der Waals surface area contributed by atoms with E-state index in [-0.39, 0.29) is 26.1 Å². The lowest BCUT2D eigenvalue weighted by molar-refractivity contribution is -0.151. The van der Waals surface area contributed by atoms with E-state index in [9.17, 15) is 14.4 Å². The Balaban J connectivity index is 3.29. The predicted molar refractivity (Wildman–Crippen MR) is 71.0 cm³/mol. The molecule has 0 unspecified atom stereocenters. The topological polar surface area (TPSA) is 108 Å². The molecule has 0 aliphatic carbocycles. The van der Waals surface area contributed by atoms with E-state index in [2.05, 4.69) is 0 Å². The molecule has 0 aromatic rings. The van der Waals surface area contributed by atoms with Crippen molar-refractivity contribution >= 4 is 17.7 Å². The summed E-state index contributed by atoms with van der Waals surface area (Å²) in [6, 6.07) is 0. The fourth-order valence-corrected chi connectivity index (χ4v) is 1.19. The van der Waals surface area contributed by atoms with E-state index in [4.69, 9.17) is 24.1 Å². The van der Waals surface area contributed by atoms with Crippen LogP contribution in [-0.2, 0) is 33.3 Å². The van der Waals surface area contributed by atoms with Crippen LogP contribution >= 0.6 is 0 Å². The molecule has 0 heterocycles. The van der Waals surface area contributed by atoms with Crippen LogP contribution in [0.3, 0.4) is 0 Å². The Morgan fingerprint density at radius 1 is 0.810 bits per heavy atom. The van der Waals surface area contributed by atoms with Gasteiger partial charge in [-0.15, -0.1) is 0 Å². The van der Waals surface area contributed by atoms with Gasteiger partial charge in [0.2, 0.25) is 5.78 Å². The Morgan fingerprint density at radius 2 is 1.33 bits per heavy atom. The Morgan fingerprint density at radius 3 is 1.86 bits per heavy atom. The molecule has 0 aromatic heterocycles. The maximum absolute atomic E-state index is 11.1. The molecule has 0 spiro atoms. The largest absolute Gasteiger partial charge is 0.476 e. The SMILES string of the molecule is CCOCCOCCOCCOC(=O)CCC(=O)C(=O)O. The second kappa shape index (κ2) is 13.5. The first-order valence-corrected chi connectivity index (χ1v) is 6.73. The van der Waals surface area contributed by atoms with E-state index < -0.39 is 17.7 Å². The number of carbonyl (C=O) groups excluding carboxylic acids is 2. The van der Waals surface area contributed by atoms with Crippen LogP contribution in [0.1, 0.15) is 19.8 Å². The third-order valence-corrected chi connectivity index (χ3v) is 2.23. The summed E-state index contributed by atoms with van der Waals surface area (Å²) in [5, 5.41) is 8.32. The van der Waals surface area contributed by atoms with Gasteiger partial charge in [0.15, 0.2) is 0 Å². The number of rotatable bonds is 14. The highest BCUT2D eigenvalue weighted by molar-refractivity contribution is 6.32. The van der Waals surface area contributed by atoms with Crippen LogP contribution < -0.4 is 0 Å². The molecule has 1 N–H and O–H groups in total. The molecule has 122 valence electrons. The molecule has 8 nitrogen and oxygen atoms in total. The fourth-order valence-electron chi connectivity index (χ4n) is 1.19. The maximum Gasteiger partial charge on any atom is 0.372 e. The Bertz CT molecular complexity index is 315. The van der Waals surface area contributed by atoms with Crippen molar-refractivity contribution in [1.29, 1.82) is 0 Å². The Kier molecular flexibility index (Phi) is 12.5. The number of carboxylic acid groups (broad SMARTS) is 1. The molecule has 0 bridgehead atoms. The van der Waals surface area contributed by atoms with Gasteiger partial charge in [0, 0.05) is 13.0 Å². The molecule has 0 saturated heterocycles. The Hall–Kier alpha value is -1.51. The molecule has 0 aliphatic rings. The minimum atomic E-state index is -1.55. The summed E-state index contributed by atoms with van der Waals surface area (Å²) < 4.78 is 20.2. The van der Waals surface area contributed by atoms with Crippen molar-refractivity contribution in [2.75, 3.05) is 46.2 Å². The van der Waals surface area contributed by atoms with Gasteiger partial charge in [0.05, 0.1) is 39.5 Å². The average Bonchev–Trinajstić information content (AvgIpc) is 2.46. The summed E-state index contributed by atoms with van der Waals surface area (Å²) in [7, 11) is 0. The van der Waals surface area contributed by atoms with Crippen molar-refractivity contribution in [2.24, 2.45) is 0 Å². The molecule has 0 aliphatic heterocycles. The normalized spacial score (nSPS) is 10.3. The number of ether oxygens (including phenoxy) is 4. The second-order valence-corrected chi connectivity index (χ2v) is 3.87. The van der Waals surface area contributed by atoms with E-state index in [1.54, 1.807) is 0 Å². The third kappa shape index (κ3) is 13.2. The van der Waals surface area contributed by atoms with Gasteiger partial charge in [-0.1, -0.05) is 0 Å². The molecule has 0 amide bonds. The van der Waals surface area contributed by atoms with Crippen molar-refractivity contribution < 1.29 is 38.4 Å². The number of Topliss-reactive ketones (excluding diaryl/α,β-unsaturated/α-hetero) is 1. The van der Waals surface area contributed by atoms with Gasteiger partial charge in [0.25, 0.3) is 0 Å². The fraction of sp³-hybridized carbons (Fsp3) is 0.769. The molecule has 0 aromatic carbocycles. The van der Waals surface area contributed by atoms with Crippen molar-refractivity contribution in [2.45, 2.75) is 19.8 Å². The van der Waals surface area contributed by atoms with Crippen LogP contribution in [0.25, 0.3) is 0 Å². The molecule has 21 heavy (non-hydrogen) atoms. The molecule has 0 saturated carbocycles. The van der Waals surface area contributed by atoms with Crippen LogP contribution in [0.5, 0.6) is 0 Å². The van der Waals surface area contributed by atoms with E-state index in [1.165, 1.54) is 0 Å². The second-order valence-electron chi connectivity index (χ2n) is 3.87. The molecule has 0 radical (unpaired) electrons. The van der Waals surface area contributed by atoms with Crippen LogP contribution in [0, 0.1) is 0 Å². The van der Waals surface area contributed by atoms with Crippen molar-refractivity contribution in [3.8, 4) is 0 Å². The molecule has 0 atom stereocenters. The smallest absolute Gasteiger partial charge is 0.372 e. The zero-order valence-corrected chi connectivity index (χ0v) is 12.2. The monoisotopic (exact) mass is 306 g/mol. The minimum absolute atomic E-state index is 0.0546. The summed E-state index contributed by atoms with van der Waals surface area (Å²) in [5.74, 6) is -3.18. The number of aliphatic carboxylic acids is 1. The number of hydrogen-bond acceptors (Lipinski definition) is 7. The number of carboxylic acids is 1. The first-order valence-electron chi connectivity index (χ1n) is 6.73. The first kappa shape index (κ1) is 19.5. The molecular weight excluding hydrogens is 284 g/mol. The molecule has 0 rings (SSSR count). The Labute approximate surface area is 123 Å². The highest BCUT2D eigenvalue weighted by Crippen LogP contribution is 1.95. The standard InChI is InChI=1S/C13H22O8/c1-2-18-5-6-19-7-8-20-9-10-21-12(15)4-3-11(14)13(16)17/h2-10H2,1H3,(H,16,17). The maximum atomic E-state index is 11.1. The molecule has 0 fully saturated rings. The van der Waals surface area contributed by atoms with E-state index in [0.717, 1.165) is 0 Å². The molecule has 8 heteroatoms. The van der Waals surface area contributed by atoms with Crippen molar-refractivity contribution in [3.05, 3.63) is 0 Å². The lowest BCUT2D eigenvalue weighted by Gasteiger charge is -2.06. The van der Waals surface area contributed by atoms with E-state index in [1.807, 2.05) is 6.92 Å². The van der Waals surface area contributed by atoms with Crippen LogP contribution in [-0.4, -0.2) is 69.1 Å². The quantitative estimate of drug-likeness (QED) is 0.272. The van der Waals surface area contributed by atoms with Crippen LogP contribution in [0.15, 0.2) is 0 Å². The van der Waals surface area contributed by atoms with Gasteiger partial charge >= 0.3 is 11.9 Å². The lowest BCUT2D eigenvalue weighted by Crippen LogP contribution is -2.17. The summed E-state index contributed by atoms with van der Waals surface area (Å²) in [6.45, 7) is 4.68. The van der Waals surface area contributed by atoms with Gasteiger partial charge in [0.1, 0.15) is 6.61 Å². The predicted octanol–water partition coefficient (Wildman–Crippen LogP) is 0.0332. The highest BCUT2D eigenvalue weighted by atomic mass is 16.6. The zero-order chi connectivity index (χ0) is 15.9. The first-order chi connectivity index (χ1) is 10.1. The number of hydrogen-bond donors (Lipinski definition) is 1. The lowest BCUT2D eigenvalue weighted by atomic mass is 10.2. The van der Waals surface area contributed by atoms with Crippen LogP contribution in [0.4, 0.5) is 0 Å². The number of esters is 1. The summed E-state index contributed by atoms with van der Waals surface area (Å²) in [4.78, 5) is 32.1. The van der Waals surface area contributed by atoms with Gasteiger partial charge in [-0.25, -0.2) is 4.79 Å². The van der Waals surface area contributed by atoms with Gasteiger partial charge in [-0.05, 0) is 6.92 Å². The summed E-state index contributed by atoms with van der Waals surface area (Å²) in [6.07, 6.45) is -0.603. The van der Waals surface area contributed by atoms with Crippen molar-refractivity contribution in [1.82, 2.24) is 0 Å².